The number of furan rings is 1. The fourth-order valence-corrected chi connectivity index (χ4v) is 4.18. The van der Waals surface area contributed by atoms with Gasteiger partial charge in [0.25, 0.3) is 0 Å². The zero-order valence-electron chi connectivity index (χ0n) is 14.2. The lowest BCUT2D eigenvalue weighted by atomic mass is 9.88. The van der Waals surface area contributed by atoms with E-state index in [1.165, 1.54) is 12.8 Å². The fourth-order valence-electron chi connectivity index (χ4n) is 2.27. The third-order valence-electron chi connectivity index (χ3n) is 3.79. The second-order valence-electron chi connectivity index (χ2n) is 7.11. The molecule has 0 N–H and O–H groups in total. The van der Waals surface area contributed by atoms with E-state index in [0.717, 1.165) is 11.5 Å². The van der Waals surface area contributed by atoms with Gasteiger partial charge in [-0.3, -0.25) is 0 Å². The molecule has 0 bridgehead atoms. The summed E-state index contributed by atoms with van der Waals surface area (Å²) in [4.78, 5) is 0. The van der Waals surface area contributed by atoms with Gasteiger partial charge >= 0.3 is 0 Å². The molecule has 1 rings (SSSR count). The minimum absolute atomic E-state index is 0.00478. The highest BCUT2D eigenvalue weighted by Crippen LogP contribution is 2.56. The zero-order chi connectivity index (χ0) is 15.6. The molecule has 1 aromatic heterocycles. The van der Waals surface area contributed by atoms with Gasteiger partial charge in [-0.05, 0) is 43.2 Å². The molecule has 2 unspecified atom stereocenters. The predicted molar refractivity (Wildman–Crippen MR) is 91.1 cm³/mol. The summed E-state index contributed by atoms with van der Waals surface area (Å²) in [6, 6.07) is 4.04. The van der Waals surface area contributed by atoms with Crippen LogP contribution in [0.15, 0.2) is 16.5 Å². The molecule has 116 valence electrons. The van der Waals surface area contributed by atoms with Gasteiger partial charge in [-0.2, -0.15) is 0 Å². The summed E-state index contributed by atoms with van der Waals surface area (Å²) < 4.78 is 12.3. The quantitative estimate of drug-likeness (QED) is 0.612. The molecule has 0 aromatic carbocycles. The van der Waals surface area contributed by atoms with Gasteiger partial charge in [0, 0.05) is 7.11 Å². The monoisotopic (exact) mass is 298 g/mol. The molecular weight excluding hydrogens is 267 g/mol. The Morgan fingerprint density at radius 2 is 1.95 bits per heavy atom. The van der Waals surface area contributed by atoms with E-state index in [-0.39, 0.29) is 11.5 Å². The van der Waals surface area contributed by atoms with Crippen LogP contribution in [0.2, 0.25) is 0 Å². The standard InChI is InChI=1S/C17H31O2P/c1-9-10-14(3)20(7,8)19-16(17(4,5)6)15-12-11-13(2)18-15/h11-12,14,16H,7,9-10H2,1-6,8H3/t14-,16?,20?/m0/s1. The van der Waals surface area contributed by atoms with Crippen molar-refractivity contribution in [3.63, 3.8) is 0 Å². The minimum Gasteiger partial charge on any atom is -0.464 e. The van der Waals surface area contributed by atoms with Crippen LogP contribution in [-0.2, 0) is 4.52 Å². The van der Waals surface area contributed by atoms with E-state index in [4.69, 9.17) is 8.94 Å². The molecule has 0 amide bonds. The maximum atomic E-state index is 6.52. The Morgan fingerprint density at radius 3 is 2.35 bits per heavy atom. The van der Waals surface area contributed by atoms with Crippen LogP contribution in [0, 0.1) is 12.3 Å². The topological polar surface area (TPSA) is 22.4 Å². The first-order chi connectivity index (χ1) is 9.08. The zero-order valence-corrected chi connectivity index (χ0v) is 15.1. The highest BCUT2D eigenvalue weighted by Gasteiger charge is 2.34. The first-order valence-electron chi connectivity index (χ1n) is 7.53. The molecule has 0 radical (unpaired) electrons. The molecule has 0 saturated carbocycles. The third-order valence-corrected chi connectivity index (χ3v) is 6.61. The highest BCUT2D eigenvalue weighted by molar-refractivity contribution is 7.69. The van der Waals surface area contributed by atoms with Crippen molar-refractivity contribution in [1.82, 2.24) is 0 Å². The van der Waals surface area contributed by atoms with E-state index >= 15 is 0 Å². The molecule has 0 aliphatic heterocycles. The van der Waals surface area contributed by atoms with E-state index in [1.54, 1.807) is 0 Å². The molecule has 0 spiro atoms. The second kappa shape index (κ2) is 6.54. The van der Waals surface area contributed by atoms with Crippen LogP contribution in [0.5, 0.6) is 0 Å². The fraction of sp³-hybridized carbons (Fsp3) is 0.706. The first-order valence-corrected chi connectivity index (χ1v) is 9.94. The average Bonchev–Trinajstić information content (AvgIpc) is 2.71. The summed E-state index contributed by atoms with van der Waals surface area (Å²) in [6.45, 7) is 15.2. The molecule has 0 aliphatic carbocycles. The van der Waals surface area contributed by atoms with Gasteiger partial charge < -0.3 is 8.94 Å². The van der Waals surface area contributed by atoms with Crippen LogP contribution in [0.4, 0.5) is 0 Å². The summed E-state index contributed by atoms with van der Waals surface area (Å²) in [5, 5.41) is 0. The number of rotatable bonds is 6. The SMILES string of the molecule is C=P(C)(OC(c1ccc(C)o1)C(C)(C)C)[C@@H](C)CCC. The molecule has 20 heavy (non-hydrogen) atoms. The minimum atomic E-state index is -1.67. The Morgan fingerprint density at radius 1 is 1.35 bits per heavy atom. The van der Waals surface area contributed by atoms with Crippen LogP contribution >= 0.6 is 7.11 Å². The van der Waals surface area contributed by atoms with Gasteiger partial charge in [-0.1, -0.05) is 47.3 Å². The van der Waals surface area contributed by atoms with E-state index in [9.17, 15) is 0 Å². The summed E-state index contributed by atoms with van der Waals surface area (Å²) in [5.74, 6) is 1.86. The maximum absolute atomic E-state index is 6.52. The number of aryl methyl sites for hydroxylation is 1. The Hall–Kier alpha value is -0.460. The molecule has 2 nitrogen and oxygen atoms in total. The third kappa shape index (κ3) is 4.53. The lowest BCUT2D eigenvalue weighted by molar-refractivity contribution is 0.0764. The van der Waals surface area contributed by atoms with Crippen LogP contribution in [0.1, 0.15) is 65.1 Å². The molecule has 3 atom stereocenters. The first kappa shape index (κ1) is 17.6. The normalized spacial score (nSPS) is 18.6. The summed E-state index contributed by atoms with van der Waals surface area (Å²) in [7, 11) is -1.67. The van der Waals surface area contributed by atoms with Crippen LogP contribution in [-0.4, -0.2) is 18.6 Å². The molecule has 0 saturated heterocycles. The van der Waals surface area contributed by atoms with Crippen molar-refractivity contribution in [3.05, 3.63) is 23.7 Å². The van der Waals surface area contributed by atoms with Crippen LogP contribution in [0.3, 0.4) is 0 Å². The van der Waals surface area contributed by atoms with Crippen molar-refractivity contribution in [2.75, 3.05) is 6.66 Å². The van der Waals surface area contributed by atoms with E-state index in [1.807, 2.05) is 19.1 Å². The molecule has 0 aliphatic rings. The lowest BCUT2D eigenvalue weighted by Gasteiger charge is -2.36. The van der Waals surface area contributed by atoms with Crippen molar-refractivity contribution < 1.29 is 8.94 Å². The Labute approximate surface area is 125 Å². The second-order valence-corrected chi connectivity index (χ2v) is 10.6. The van der Waals surface area contributed by atoms with Crippen molar-refractivity contribution >= 4 is 13.4 Å². The van der Waals surface area contributed by atoms with Crippen molar-refractivity contribution in [2.24, 2.45) is 5.41 Å². The smallest absolute Gasteiger partial charge is 0.133 e. The van der Waals surface area contributed by atoms with Gasteiger partial charge in [0.05, 0.1) is 0 Å². The highest BCUT2D eigenvalue weighted by atomic mass is 31.2. The molecular formula is C17H31O2P. The van der Waals surface area contributed by atoms with Crippen molar-refractivity contribution in [3.8, 4) is 0 Å². The summed E-state index contributed by atoms with van der Waals surface area (Å²) >= 11 is 0. The van der Waals surface area contributed by atoms with Gasteiger partial charge in [0.1, 0.15) is 17.6 Å². The summed E-state index contributed by atoms with van der Waals surface area (Å²) in [5.41, 5.74) is 0.517. The maximum Gasteiger partial charge on any atom is 0.133 e. The molecule has 1 heterocycles. The molecule has 1 aromatic rings. The Bertz CT molecular complexity index is 468. The van der Waals surface area contributed by atoms with E-state index < -0.39 is 7.11 Å². The van der Waals surface area contributed by atoms with Gasteiger partial charge in [-0.15, -0.1) is 0 Å². The van der Waals surface area contributed by atoms with Crippen LogP contribution in [0.25, 0.3) is 0 Å². The van der Waals surface area contributed by atoms with Gasteiger partial charge in [-0.25, -0.2) is 0 Å². The van der Waals surface area contributed by atoms with Gasteiger partial charge in [0.15, 0.2) is 0 Å². The van der Waals surface area contributed by atoms with Gasteiger partial charge in [0.2, 0.25) is 0 Å². The number of hydrogen-bond donors (Lipinski definition) is 0. The van der Waals surface area contributed by atoms with Crippen LogP contribution < -0.4 is 0 Å². The molecule has 0 fully saturated rings. The average molecular weight is 298 g/mol. The lowest BCUT2D eigenvalue weighted by Crippen LogP contribution is -2.22. The van der Waals surface area contributed by atoms with E-state index in [0.29, 0.717) is 5.66 Å². The predicted octanol–water partition coefficient (Wildman–Crippen LogP) is 5.87. The molecule has 3 heteroatoms. The van der Waals surface area contributed by atoms with Crippen molar-refractivity contribution in [1.29, 1.82) is 0 Å². The largest absolute Gasteiger partial charge is 0.464 e. The van der Waals surface area contributed by atoms with E-state index in [2.05, 4.69) is 47.6 Å². The Balaban J connectivity index is 3.00. The summed E-state index contributed by atoms with van der Waals surface area (Å²) in [6.07, 6.45) is 6.73. The Kier molecular flexibility index (Phi) is 5.75. The van der Waals surface area contributed by atoms with Crippen molar-refractivity contribution in [2.45, 2.75) is 66.1 Å². The number of hydrogen-bond acceptors (Lipinski definition) is 2.